The summed E-state index contributed by atoms with van der Waals surface area (Å²) in [5.74, 6) is 0.0968. The average Bonchev–Trinajstić information content (AvgIpc) is 2.73. The van der Waals surface area contributed by atoms with Crippen molar-refractivity contribution in [1.82, 2.24) is 0 Å². The molecule has 0 radical (unpaired) electrons. The second-order valence-corrected chi connectivity index (χ2v) is 7.35. The zero-order chi connectivity index (χ0) is 19.3. The van der Waals surface area contributed by atoms with Gasteiger partial charge in [-0.3, -0.25) is 4.79 Å². The van der Waals surface area contributed by atoms with E-state index in [0.29, 0.717) is 0 Å². The van der Waals surface area contributed by atoms with Crippen molar-refractivity contribution < 1.29 is 4.79 Å². The van der Waals surface area contributed by atoms with E-state index in [4.69, 9.17) is 0 Å². The Bertz CT molecular complexity index is 636. The molecule has 0 saturated carbocycles. The molecule has 0 bridgehead atoms. The van der Waals surface area contributed by atoms with Crippen molar-refractivity contribution in [3.63, 3.8) is 0 Å². The number of carbonyl (C=O) groups is 1. The normalized spacial score (nSPS) is 10.7. The molecule has 0 aliphatic carbocycles. The minimum Gasteiger partial charge on any atom is -0.372 e. The fourth-order valence-corrected chi connectivity index (χ4v) is 3.41. The monoisotopic (exact) mass is 365 g/mol. The average molecular weight is 366 g/mol. The molecule has 0 heterocycles. The Hall–Kier alpha value is -2.09. The van der Waals surface area contributed by atoms with Crippen LogP contribution in [0.1, 0.15) is 81.1 Å². The molecule has 0 saturated heterocycles. The Morgan fingerprint density at radius 2 is 1.19 bits per heavy atom. The molecule has 146 valence electrons. The molecular weight excluding hydrogens is 330 g/mol. The molecule has 27 heavy (non-hydrogen) atoms. The van der Waals surface area contributed by atoms with Crippen LogP contribution in [0.15, 0.2) is 54.6 Å². The van der Waals surface area contributed by atoms with E-state index in [2.05, 4.69) is 30.9 Å². The summed E-state index contributed by atoms with van der Waals surface area (Å²) in [6.45, 7) is 6.73. The van der Waals surface area contributed by atoms with E-state index in [-0.39, 0.29) is 5.78 Å². The molecule has 0 amide bonds. The highest BCUT2D eigenvalue weighted by atomic mass is 16.1. The first kappa shape index (κ1) is 21.2. The van der Waals surface area contributed by atoms with Gasteiger partial charge in [-0.15, -0.1) is 0 Å². The summed E-state index contributed by atoms with van der Waals surface area (Å²) in [4.78, 5) is 15.1. The van der Waals surface area contributed by atoms with E-state index < -0.39 is 0 Å². The number of benzene rings is 2. The molecule has 0 aliphatic rings. The summed E-state index contributed by atoms with van der Waals surface area (Å²) in [5.41, 5.74) is 2.76. The number of rotatable bonds is 13. The number of ketones is 1. The Morgan fingerprint density at radius 1 is 0.667 bits per heavy atom. The number of nitrogens with zero attached hydrogens (tertiary/aromatic N) is 1. The maximum Gasteiger partial charge on any atom is 0.193 e. The van der Waals surface area contributed by atoms with Crippen molar-refractivity contribution in [2.75, 3.05) is 18.0 Å². The van der Waals surface area contributed by atoms with Crippen LogP contribution in [0, 0.1) is 0 Å². The lowest BCUT2D eigenvalue weighted by Crippen LogP contribution is -2.25. The third-order valence-corrected chi connectivity index (χ3v) is 5.09. The maximum atomic E-state index is 12.6. The van der Waals surface area contributed by atoms with E-state index in [1.54, 1.807) is 0 Å². The fourth-order valence-electron chi connectivity index (χ4n) is 3.41. The van der Waals surface area contributed by atoms with Gasteiger partial charge in [0.25, 0.3) is 0 Å². The Kier molecular flexibility index (Phi) is 9.68. The van der Waals surface area contributed by atoms with Crippen LogP contribution in [0.5, 0.6) is 0 Å². The number of hydrogen-bond acceptors (Lipinski definition) is 2. The van der Waals surface area contributed by atoms with Gasteiger partial charge < -0.3 is 4.90 Å². The minimum absolute atomic E-state index is 0.0968. The molecule has 0 N–H and O–H groups in total. The van der Waals surface area contributed by atoms with Crippen LogP contribution in [0.25, 0.3) is 0 Å². The smallest absolute Gasteiger partial charge is 0.193 e. The van der Waals surface area contributed by atoms with E-state index in [9.17, 15) is 4.79 Å². The van der Waals surface area contributed by atoms with E-state index >= 15 is 0 Å². The maximum absolute atomic E-state index is 12.6. The molecule has 2 aromatic rings. The van der Waals surface area contributed by atoms with Crippen molar-refractivity contribution in [3.05, 3.63) is 65.7 Å². The number of unbranched alkanes of at least 4 members (excludes halogenated alkanes) is 6. The molecular formula is C25H35NO. The van der Waals surface area contributed by atoms with E-state index in [1.807, 2.05) is 42.5 Å². The quantitative estimate of drug-likeness (QED) is 0.285. The Balaban J connectivity index is 2.01. The van der Waals surface area contributed by atoms with Crippen LogP contribution < -0.4 is 4.90 Å². The molecule has 0 spiro atoms. The third-order valence-electron chi connectivity index (χ3n) is 5.09. The molecule has 0 aliphatic heterocycles. The highest BCUT2D eigenvalue weighted by molar-refractivity contribution is 6.09. The van der Waals surface area contributed by atoms with Crippen LogP contribution in [0.2, 0.25) is 0 Å². The molecule has 0 atom stereocenters. The van der Waals surface area contributed by atoms with Gasteiger partial charge >= 0.3 is 0 Å². The van der Waals surface area contributed by atoms with Crippen molar-refractivity contribution >= 4 is 11.5 Å². The van der Waals surface area contributed by atoms with Crippen molar-refractivity contribution in [3.8, 4) is 0 Å². The standard InChI is InChI=1S/C25H35NO/c1-3-5-7-12-20-26(21-13-8-6-4-2)24-18-16-23(17-19-24)25(27)22-14-10-9-11-15-22/h9-11,14-19H,3-8,12-13,20-21H2,1-2H3. The second-order valence-electron chi connectivity index (χ2n) is 7.35. The molecule has 2 heteroatoms. The van der Waals surface area contributed by atoms with Gasteiger partial charge in [0.2, 0.25) is 0 Å². The predicted octanol–water partition coefficient (Wildman–Crippen LogP) is 6.88. The van der Waals surface area contributed by atoms with Gasteiger partial charge in [-0.1, -0.05) is 82.7 Å². The summed E-state index contributed by atoms with van der Waals surface area (Å²) in [7, 11) is 0. The highest BCUT2D eigenvalue weighted by Gasteiger charge is 2.11. The number of carbonyl (C=O) groups excluding carboxylic acids is 1. The van der Waals surface area contributed by atoms with Crippen LogP contribution in [-0.4, -0.2) is 18.9 Å². The van der Waals surface area contributed by atoms with Gasteiger partial charge in [-0.2, -0.15) is 0 Å². The number of anilines is 1. The molecule has 0 fully saturated rings. The van der Waals surface area contributed by atoms with Crippen LogP contribution in [0.3, 0.4) is 0 Å². The zero-order valence-electron chi connectivity index (χ0n) is 17.1. The van der Waals surface area contributed by atoms with Gasteiger partial charge in [-0.25, -0.2) is 0 Å². The Labute approximate surface area is 165 Å². The van der Waals surface area contributed by atoms with E-state index in [0.717, 1.165) is 24.2 Å². The molecule has 2 aromatic carbocycles. The van der Waals surface area contributed by atoms with Gasteiger partial charge in [0.1, 0.15) is 0 Å². The van der Waals surface area contributed by atoms with Gasteiger partial charge in [0.05, 0.1) is 0 Å². The summed E-state index contributed by atoms with van der Waals surface area (Å²) < 4.78 is 0. The van der Waals surface area contributed by atoms with Crippen LogP contribution in [-0.2, 0) is 0 Å². The van der Waals surface area contributed by atoms with Crippen LogP contribution >= 0.6 is 0 Å². The Morgan fingerprint density at radius 3 is 1.70 bits per heavy atom. The van der Waals surface area contributed by atoms with Crippen molar-refractivity contribution in [2.24, 2.45) is 0 Å². The lowest BCUT2D eigenvalue weighted by molar-refractivity contribution is 0.103. The lowest BCUT2D eigenvalue weighted by Gasteiger charge is -2.25. The van der Waals surface area contributed by atoms with Crippen molar-refractivity contribution in [1.29, 1.82) is 0 Å². The first-order chi connectivity index (χ1) is 13.3. The van der Waals surface area contributed by atoms with Crippen LogP contribution in [0.4, 0.5) is 5.69 Å². The van der Waals surface area contributed by atoms with Gasteiger partial charge in [-0.05, 0) is 37.1 Å². The van der Waals surface area contributed by atoms with Crippen molar-refractivity contribution in [2.45, 2.75) is 65.2 Å². The lowest BCUT2D eigenvalue weighted by atomic mass is 10.0. The number of hydrogen-bond donors (Lipinski definition) is 0. The summed E-state index contributed by atoms with van der Waals surface area (Å²) in [5, 5.41) is 0. The zero-order valence-corrected chi connectivity index (χ0v) is 17.1. The summed E-state index contributed by atoms with van der Waals surface area (Å²) in [6, 6.07) is 17.7. The van der Waals surface area contributed by atoms with Gasteiger partial charge in [0, 0.05) is 29.9 Å². The topological polar surface area (TPSA) is 20.3 Å². The van der Waals surface area contributed by atoms with E-state index in [1.165, 1.54) is 57.1 Å². The fraction of sp³-hybridized carbons (Fsp3) is 0.480. The highest BCUT2D eigenvalue weighted by Crippen LogP contribution is 2.19. The molecule has 0 aromatic heterocycles. The first-order valence-corrected chi connectivity index (χ1v) is 10.7. The second kappa shape index (κ2) is 12.3. The first-order valence-electron chi connectivity index (χ1n) is 10.7. The third kappa shape index (κ3) is 7.21. The largest absolute Gasteiger partial charge is 0.372 e. The minimum atomic E-state index is 0.0968. The summed E-state index contributed by atoms with van der Waals surface area (Å²) >= 11 is 0. The van der Waals surface area contributed by atoms with Gasteiger partial charge in [0.15, 0.2) is 5.78 Å². The molecule has 0 unspecified atom stereocenters. The molecule has 2 nitrogen and oxygen atoms in total. The SMILES string of the molecule is CCCCCCN(CCCCCC)c1ccc(C(=O)c2ccccc2)cc1. The summed E-state index contributed by atoms with van der Waals surface area (Å²) in [6.07, 6.45) is 10.2. The predicted molar refractivity (Wildman–Crippen MR) is 117 cm³/mol. The molecule has 2 rings (SSSR count).